The molecule has 0 saturated heterocycles. The molecule has 0 spiro atoms. The summed E-state index contributed by atoms with van der Waals surface area (Å²) in [6, 6.07) is 7.91. The summed E-state index contributed by atoms with van der Waals surface area (Å²) in [4.78, 5) is 28.5. The maximum Gasteiger partial charge on any atom is 0.231 e. The SMILES string of the molecule is Cc1cccc(Nc2nc(NC3C4C=CC(C4)C3C(N)=O)c3[nH]cnc3n2)c1. The average molecular weight is 375 g/mol. The molecule has 1 fully saturated rings. The smallest absolute Gasteiger partial charge is 0.231 e. The first-order valence-corrected chi connectivity index (χ1v) is 9.37. The van der Waals surface area contributed by atoms with E-state index >= 15 is 0 Å². The van der Waals surface area contributed by atoms with Crippen molar-refractivity contribution in [2.24, 2.45) is 23.5 Å². The van der Waals surface area contributed by atoms with Gasteiger partial charge in [0.15, 0.2) is 11.5 Å². The maximum atomic E-state index is 12.0. The van der Waals surface area contributed by atoms with Crippen LogP contribution in [0.3, 0.4) is 0 Å². The zero-order chi connectivity index (χ0) is 19.3. The van der Waals surface area contributed by atoms with Gasteiger partial charge >= 0.3 is 0 Å². The number of aryl methyl sites for hydroxylation is 1. The van der Waals surface area contributed by atoms with Crippen LogP contribution in [-0.4, -0.2) is 31.9 Å². The Morgan fingerprint density at radius 2 is 2.11 bits per heavy atom. The number of fused-ring (bicyclic) bond motifs is 3. The number of hydrogen-bond acceptors (Lipinski definition) is 6. The number of allylic oxidation sites excluding steroid dienone is 1. The third kappa shape index (κ3) is 2.77. The number of nitrogens with zero attached hydrogens (tertiary/aromatic N) is 3. The van der Waals surface area contributed by atoms with E-state index in [1.807, 2.05) is 31.2 Å². The predicted octanol–water partition coefficient (Wildman–Crippen LogP) is 2.49. The van der Waals surface area contributed by atoms with Crippen LogP contribution in [-0.2, 0) is 4.79 Å². The maximum absolute atomic E-state index is 12.0. The standard InChI is InChI=1S/C20H21N7O/c1-10-3-2-4-13(7-10)24-20-26-18-16(22-9-23-18)19(27-20)25-15-12-6-5-11(8-12)14(15)17(21)28/h2-7,9,11-12,14-15H,8H2,1H3,(H2,21,28)(H3,22,23,24,25,26,27). The molecule has 28 heavy (non-hydrogen) atoms. The lowest BCUT2D eigenvalue weighted by atomic mass is 9.88. The van der Waals surface area contributed by atoms with Gasteiger partial charge in [-0.05, 0) is 42.9 Å². The number of primary amides is 1. The van der Waals surface area contributed by atoms with Crippen molar-refractivity contribution in [3.8, 4) is 0 Å². The monoisotopic (exact) mass is 375 g/mol. The second-order valence-corrected chi connectivity index (χ2v) is 7.54. The Kier molecular flexibility index (Phi) is 3.78. The first-order chi connectivity index (χ1) is 13.6. The van der Waals surface area contributed by atoms with Gasteiger partial charge in [-0.2, -0.15) is 9.97 Å². The summed E-state index contributed by atoms with van der Waals surface area (Å²) in [7, 11) is 0. The van der Waals surface area contributed by atoms with Crippen LogP contribution in [0.25, 0.3) is 11.2 Å². The van der Waals surface area contributed by atoms with Crippen molar-refractivity contribution in [1.82, 2.24) is 19.9 Å². The van der Waals surface area contributed by atoms with E-state index < -0.39 is 0 Å². The van der Waals surface area contributed by atoms with Crippen LogP contribution in [0.5, 0.6) is 0 Å². The number of hydrogen-bond donors (Lipinski definition) is 4. The molecule has 142 valence electrons. The Labute approximate surface area is 161 Å². The van der Waals surface area contributed by atoms with Crippen LogP contribution in [0.2, 0.25) is 0 Å². The highest BCUT2D eigenvalue weighted by molar-refractivity contribution is 5.85. The molecule has 0 aliphatic heterocycles. The van der Waals surface area contributed by atoms with Crippen LogP contribution < -0.4 is 16.4 Å². The molecule has 1 amide bonds. The molecule has 5 N–H and O–H groups in total. The number of nitrogens with two attached hydrogens (primary N) is 1. The minimum absolute atomic E-state index is 0.0827. The van der Waals surface area contributed by atoms with Crippen LogP contribution in [0.1, 0.15) is 12.0 Å². The highest BCUT2D eigenvalue weighted by atomic mass is 16.1. The van der Waals surface area contributed by atoms with Crippen LogP contribution >= 0.6 is 0 Å². The molecular weight excluding hydrogens is 354 g/mol. The molecule has 8 nitrogen and oxygen atoms in total. The fraction of sp³-hybridized carbons (Fsp3) is 0.300. The quantitative estimate of drug-likeness (QED) is 0.508. The summed E-state index contributed by atoms with van der Waals surface area (Å²) < 4.78 is 0. The lowest BCUT2D eigenvalue weighted by Gasteiger charge is -2.27. The molecule has 5 rings (SSSR count). The summed E-state index contributed by atoms with van der Waals surface area (Å²) in [5.41, 5.74) is 9.00. The molecule has 4 unspecified atom stereocenters. The number of anilines is 3. The molecule has 2 bridgehead atoms. The van der Waals surface area contributed by atoms with Crippen molar-refractivity contribution in [3.63, 3.8) is 0 Å². The molecule has 4 atom stereocenters. The molecular formula is C20H21N7O. The number of amides is 1. The van der Waals surface area contributed by atoms with Crippen LogP contribution in [0, 0.1) is 24.7 Å². The zero-order valence-electron chi connectivity index (χ0n) is 15.4. The summed E-state index contributed by atoms with van der Waals surface area (Å²) in [5.74, 6) is 1.02. The lowest BCUT2D eigenvalue weighted by Crippen LogP contribution is -2.41. The Bertz CT molecular complexity index is 1090. The second-order valence-electron chi connectivity index (χ2n) is 7.54. The lowest BCUT2D eigenvalue weighted by molar-refractivity contribution is -0.122. The summed E-state index contributed by atoms with van der Waals surface area (Å²) >= 11 is 0. The number of benzene rings is 1. The molecule has 8 heteroatoms. The summed E-state index contributed by atoms with van der Waals surface area (Å²) in [6.45, 7) is 2.03. The number of imidazole rings is 1. The number of nitrogens with one attached hydrogen (secondary N) is 3. The van der Waals surface area contributed by atoms with Crippen molar-refractivity contribution in [2.75, 3.05) is 10.6 Å². The van der Waals surface area contributed by atoms with Gasteiger partial charge in [-0.15, -0.1) is 0 Å². The fourth-order valence-electron chi connectivity index (χ4n) is 4.41. The average Bonchev–Trinajstić information content (AvgIpc) is 3.37. The number of carbonyl (C=O) groups is 1. The molecule has 2 aromatic heterocycles. The Morgan fingerprint density at radius 3 is 2.93 bits per heavy atom. The number of carbonyl (C=O) groups excluding carboxylic acids is 1. The van der Waals surface area contributed by atoms with E-state index in [2.05, 4.69) is 42.7 Å². The van der Waals surface area contributed by atoms with Gasteiger partial charge in [0.2, 0.25) is 11.9 Å². The van der Waals surface area contributed by atoms with Gasteiger partial charge in [-0.3, -0.25) is 4.79 Å². The van der Waals surface area contributed by atoms with E-state index in [9.17, 15) is 4.79 Å². The van der Waals surface area contributed by atoms with Crippen molar-refractivity contribution < 1.29 is 4.79 Å². The highest BCUT2D eigenvalue weighted by Gasteiger charge is 2.47. The van der Waals surface area contributed by atoms with Gasteiger partial charge < -0.3 is 21.4 Å². The van der Waals surface area contributed by atoms with Crippen LogP contribution in [0.4, 0.5) is 17.5 Å². The van der Waals surface area contributed by atoms with E-state index in [4.69, 9.17) is 5.73 Å². The zero-order valence-corrected chi connectivity index (χ0v) is 15.4. The molecule has 3 aromatic rings. The molecule has 2 aliphatic rings. The number of H-pyrrole nitrogens is 1. The van der Waals surface area contributed by atoms with Gasteiger partial charge in [-0.25, -0.2) is 4.98 Å². The number of aromatic nitrogens is 4. The third-order valence-electron chi connectivity index (χ3n) is 5.65. The van der Waals surface area contributed by atoms with Crippen molar-refractivity contribution >= 4 is 34.5 Å². The topological polar surface area (TPSA) is 122 Å². The number of rotatable bonds is 5. The van der Waals surface area contributed by atoms with E-state index in [-0.39, 0.29) is 29.7 Å². The first kappa shape index (κ1) is 16.7. The van der Waals surface area contributed by atoms with Gasteiger partial charge in [0.05, 0.1) is 12.2 Å². The molecule has 1 aromatic carbocycles. The normalized spacial score (nSPS) is 25.3. The van der Waals surface area contributed by atoms with Gasteiger partial charge in [-0.1, -0.05) is 24.3 Å². The first-order valence-electron chi connectivity index (χ1n) is 9.37. The minimum Gasteiger partial charge on any atom is -0.369 e. The Balaban J connectivity index is 1.49. The Hall–Kier alpha value is -3.42. The minimum atomic E-state index is -0.276. The highest BCUT2D eigenvalue weighted by Crippen LogP contribution is 2.45. The molecule has 2 heterocycles. The second kappa shape index (κ2) is 6.33. The summed E-state index contributed by atoms with van der Waals surface area (Å²) in [6.07, 6.45) is 6.80. The van der Waals surface area contributed by atoms with Crippen LogP contribution in [0.15, 0.2) is 42.7 Å². The summed E-state index contributed by atoms with van der Waals surface area (Å²) in [5, 5.41) is 6.69. The van der Waals surface area contributed by atoms with Crippen molar-refractivity contribution in [3.05, 3.63) is 48.3 Å². The van der Waals surface area contributed by atoms with Gasteiger partial charge in [0.1, 0.15) is 5.52 Å². The fourth-order valence-corrected chi connectivity index (χ4v) is 4.41. The van der Waals surface area contributed by atoms with E-state index in [0.717, 1.165) is 17.7 Å². The molecule has 2 aliphatic carbocycles. The van der Waals surface area contributed by atoms with Gasteiger partial charge in [0, 0.05) is 11.7 Å². The van der Waals surface area contributed by atoms with Crippen molar-refractivity contribution in [2.45, 2.75) is 19.4 Å². The van der Waals surface area contributed by atoms with E-state index in [0.29, 0.717) is 22.9 Å². The van der Waals surface area contributed by atoms with E-state index in [1.54, 1.807) is 6.33 Å². The Morgan fingerprint density at radius 1 is 1.25 bits per heavy atom. The van der Waals surface area contributed by atoms with E-state index in [1.165, 1.54) is 0 Å². The molecule has 1 saturated carbocycles. The predicted molar refractivity (Wildman–Crippen MR) is 107 cm³/mol. The van der Waals surface area contributed by atoms with Crippen molar-refractivity contribution in [1.29, 1.82) is 0 Å². The third-order valence-corrected chi connectivity index (χ3v) is 5.65. The largest absolute Gasteiger partial charge is 0.369 e. The number of aromatic amines is 1. The van der Waals surface area contributed by atoms with Gasteiger partial charge in [0.25, 0.3) is 0 Å². The molecule has 0 radical (unpaired) electrons.